The van der Waals surface area contributed by atoms with Crippen LogP contribution in [0.4, 0.5) is 0 Å². The van der Waals surface area contributed by atoms with Crippen molar-refractivity contribution in [2.75, 3.05) is 13.1 Å². The van der Waals surface area contributed by atoms with Crippen LogP contribution in [-0.2, 0) is 6.42 Å². The molecule has 0 spiro atoms. The lowest BCUT2D eigenvalue weighted by atomic mass is 9.99. The highest BCUT2D eigenvalue weighted by molar-refractivity contribution is 5.92. The number of piperidine rings is 1. The lowest BCUT2D eigenvalue weighted by molar-refractivity contribution is 0.0692. The van der Waals surface area contributed by atoms with Crippen LogP contribution >= 0.6 is 0 Å². The molecule has 0 aliphatic carbocycles. The Bertz CT molecular complexity index is 922. The van der Waals surface area contributed by atoms with Gasteiger partial charge in [-0.05, 0) is 30.9 Å². The fraction of sp³-hybridized carbons (Fsp3) is 0.421. The quantitative estimate of drug-likeness (QED) is 0.705. The lowest BCUT2D eigenvalue weighted by Crippen LogP contribution is -2.38. The second-order valence-corrected chi connectivity index (χ2v) is 6.92. The summed E-state index contributed by atoms with van der Waals surface area (Å²) in [7, 11) is 0. The Morgan fingerprint density at radius 3 is 2.74 bits per heavy atom. The van der Waals surface area contributed by atoms with Crippen LogP contribution in [0.25, 0.3) is 17.3 Å². The maximum absolute atomic E-state index is 12.6. The molecule has 0 radical (unpaired) electrons. The minimum atomic E-state index is -0.0183. The second-order valence-electron chi connectivity index (χ2n) is 6.92. The van der Waals surface area contributed by atoms with Gasteiger partial charge in [-0.25, -0.2) is 9.97 Å². The minimum absolute atomic E-state index is 0.0183. The van der Waals surface area contributed by atoms with Gasteiger partial charge in [0.05, 0.1) is 5.56 Å². The van der Waals surface area contributed by atoms with E-state index in [2.05, 4.69) is 27.0 Å². The van der Waals surface area contributed by atoms with E-state index in [1.807, 2.05) is 24.0 Å². The van der Waals surface area contributed by atoms with Crippen molar-refractivity contribution in [1.82, 2.24) is 29.6 Å². The van der Waals surface area contributed by atoms with E-state index in [4.69, 9.17) is 4.52 Å². The third kappa shape index (κ3) is 3.60. The number of rotatable bonds is 4. The van der Waals surface area contributed by atoms with Crippen molar-refractivity contribution in [3.05, 3.63) is 42.4 Å². The molecule has 140 valence electrons. The summed E-state index contributed by atoms with van der Waals surface area (Å²) in [5, 5.41) is 3.89. The molecule has 4 rings (SSSR count). The molecule has 0 unspecified atom stereocenters. The molecule has 0 saturated carbocycles. The average molecular weight is 366 g/mol. The number of carbonyl (C=O) groups excluding carboxylic acids is 1. The molecule has 1 aliphatic rings. The first-order valence-electron chi connectivity index (χ1n) is 9.26. The predicted molar refractivity (Wildman–Crippen MR) is 98.3 cm³/mol. The fourth-order valence-corrected chi connectivity index (χ4v) is 3.11. The molecule has 0 aromatic carbocycles. The molecule has 3 aromatic heterocycles. The van der Waals surface area contributed by atoms with E-state index in [1.165, 1.54) is 0 Å². The summed E-state index contributed by atoms with van der Waals surface area (Å²) in [6.07, 6.45) is 7.83. The first-order chi connectivity index (χ1) is 13.1. The highest BCUT2D eigenvalue weighted by Gasteiger charge is 2.23. The largest absolute Gasteiger partial charge is 0.337 e. The van der Waals surface area contributed by atoms with Gasteiger partial charge in [0, 0.05) is 31.9 Å². The summed E-state index contributed by atoms with van der Waals surface area (Å²) in [5.41, 5.74) is 1.20. The Morgan fingerprint density at radius 2 is 2.07 bits per heavy atom. The number of carbonyl (C=O) groups is 1. The Hall–Kier alpha value is -3.03. The molecule has 4 heterocycles. The van der Waals surface area contributed by atoms with Gasteiger partial charge >= 0.3 is 0 Å². The molecule has 3 aromatic rings. The van der Waals surface area contributed by atoms with Crippen molar-refractivity contribution in [3.63, 3.8) is 0 Å². The van der Waals surface area contributed by atoms with Gasteiger partial charge in [0.1, 0.15) is 17.8 Å². The third-order valence-electron chi connectivity index (χ3n) is 4.92. The predicted octanol–water partition coefficient (Wildman–Crippen LogP) is 2.75. The minimum Gasteiger partial charge on any atom is -0.337 e. The van der Waals surface area contributed by atoms with Gasteiger partial charge in [-0.15, -0.1) is 0 Å². The van der Waals surface area contributed by atoms with Gasteiger partial charge < -0.3 is 9.42 Å². The van der Waals surface area contributed by atoms with Gasteiger partial charge in [-0.3, -0.25) is 9.36 Å². The smallest absolute Gasteiger partial charge is 0.274 e. The van der Waals surface area contributed by atoms with Gasteiger partial charge in [0.2, 0.25) is 0 Å². The zero-order chi connectivity index (χ0) is 18.8. The highest BCUT2D eigenvalue weighted by Crippen LogP contribution is 2.19. The van der Waals surface area contributed by atoms with Crippen molar-refractivity contribution < 1.29 is 9.32 Å². The zero-order valence-corrected chi connectivity index (χ0v) is 15.5. The highest BCUT2D eigenvalue weighted by atomic mass is 16.5. The second kappa shape index (κ2) is 7.30. The van der Waals surface area contributed by atoms with Crippen LogP contribution in [0.3, 0.4) is 0 Å². The summed E-state index contributed by atoms with van der Waals surface area (Å²) < 4.78 is 6.97. The maximum atomic E-state index is 12.6. The summed E-state index contributed by atoms with van der Waals surface area (Å²) in [4.78, 5) is 27.5. The number of aromatic nitrogens is 5. The number of nitrogens with zero attached hydrogens (tertiary/aromatic N) is 6. The molecule has 1 saturated heterocycles. The number of hydrogen-bond donors (Lipinski definition) is 0. The summed E-state index contributed by atoms with van der Waals surface area (Å²) >= 11 is 0. The molecule has 1 aliphatic heterocycles. The molecular formula is C19H22N6O2. The zero-order valence-electron chi connectivity index (χ0n) is 15.5. The van der Waals surface area contributed by atoms with E-state index in [1.54, 1.807) is 23.3 Å². The van der Waals surface area contributed by atoms with Crippen molar-refractivity contribution in [2.45, 2.75) is 33.1 Å². The van der Waals surface area contributed by atoms with E-state index in [0.29, 0.717) is 29.1 Å². The van der Waals surface area contributed by atoms with Crippen LogP contribution in [0.2, 0.25) is 0 Å². The van der Waals surface area contributed by atoms with E-state index in [9.17, 15) is 4.79 Å². The number of amides is 1. The Labute approximate surface area is 157 Å². The third-order valence-corrected chi connectivity index (χ3v) is 4.92. The lowest BCUT2D eigenvalue weighted by Gasteiger charge is -2.29. The van der Waals surface area contributed by atoms with Gasteiger partial charge in [-0.2, -0.15) is 4.98 Å². The van der Waals surface area contributed by atoms with E-state index in [-0.39, 0.29) is 5.91 Å². The summed E-state index contributed by atoms with van der Waals surface area (Å²) in [6, 6.07) is 3.70. The van der Waals surface area contributed by atoms with Crippen molar-refractivity contribution in [1.29, 1.82) is 0 Å². The number of aryl methyl sites for hydroxylation is 1. The van der Waals surface area contributed by atoms with Gasteiger partial charge in [-0.1, -0.05) is 19.0 Å². The SMILES string of the molecule is CCc1noc(-c2ccc(-n3cnc(C(=O)N4CCC(C)CC4)c3)nc2)n1. The molecule has 1 fully saturated rings. The molecule has 0 atom stereocenters. The Kier molecular flexibility index (Phi) is 4.70. The number of hydrogen-bond acceptors (Lipinski definition) is 6. The van der Waals surface area contributed by atoms with Gasteiger partial charge in [0.25, 0.3) is 11.8 Å². The van der Waals surface area contributed by atoms with Crippen LogP contribution in [-0.4, -0.2) is 48.6 Å². The van der Waals surface area contributed by atoms with Crippen LogP contribution in [0, 0.1) is 5.92 Å². The molecule has 27 heavy (non-hydrogen) atoms. The number of imidazole rings is 1. The van der Waals surface area contributed by atoms with Crippen molar-refractivity contribution in [2.24, 2.45) is 5.92 Å². The Morgan fingerprint density at radius 1 is 1.26 bits per heavy atom. The first kappa shape index (κ1) is 17.4. The van der Waals surface area contributed by atoms with Crippen LogP contribution in [0.1, 0.15) is 43.0 Å². The molecule has 8 nitrogen and oxygen atoms in total. The van der Waals surface area contributed by atoms with Crippen molar-refractivity contribution >= 4 is 5.91 Å². The van der Waals surface area contributed by atoms with E-state index in [0.717, 1.165) is 37.9 Å². The number of likely N-dealkylation sites (tertiary alicyclic amines) is 1. The van der Waals surface area contributed by atoms with Crippen LogP contribution in [0.5, 0.6) is 0 Å². The fourth-order valence-electron chi connectivity index (χ4n) is 3.11. The first-order valence-corrected chi connectivity index (χ1v) is 9.26. The topological polar surface area (TPSA) is 89.9 Å². The molecule has 1 amide bonds. The summed E-state index contributed by atoms with van der Waals surface area (Å²) in [6.45, 7) is 5.79. The Balaban J connectivity index is 1.48. The molecular weight excluding hydrogens is 344 g/mol. The maximum Gasteiger partial charge on any atom is 0.274 e. The van der Waals surface area contributed by atoms with E-state index < -0.39 is 0 Å². The normalized spacial score (nSPS) is 15.3. The molecule has 0 bridgehead atoms. The van der Waals surface area contributed by atoms with Gasteiger partial charge in [0.15, 0.2) is 5.82 Å². The van der Waals surface area contributed by atoms with Crippen LogP contribution < -0.4 is 0 Å². The van der Waals surface area contributed by atoms with Crippen molar-refractivity contribution in [3.8, 4) is 17.3 Å². The number of pyridine rings is 1. The van der Waals surface area contributed by atoms with E-state index >= 15 is 0 Å². The standard InChI is InChI=1S/C19H22N6O2/c1-3-16-22-18(27-23-16)14-4-5-17(20-10-14)25-11-15(21-12-25)19(26)24-8-6-13(2)7-9-24/h4-5,10-13H,3,6-9H2,1-2H3. The average Bonchev–Trinajstić information content (AvgIpc) is 3.38. The monoisotopic (exact) mass is 366 g/mol. The summed E-state index contributed by atoms with van der Waals surface area (Å²) in [5.74, 6) is 2.45. The van der Waals surface area contributed by atoms with Crippen LogP contribution in [0.15, 0.2) is 35.4 Å². The molecule has 8 heteroatoms. The molecule has 0 N–H and O–H groups in total.